The number of hydrogen-bond acceptors (Lipinski definition) is 16. The van der Waals surface area contributed by atoms with Gasteiger partial charge in [0.25, 0.3) is 0 Å². The second-order valence-corrected chi connectivity index (χ2v) is 12.2. The van der Waals surface area contributed by atoms with Crippen molar-refractivity contribution >= 4 is 47.8 Å². The fraction of sp³-hybridized carbons (Fsp3) is 0.220. The summed E-state index contributed by atoms with van der Waals surface area (Å²) in [5, 5.41) is 0. The number of carbonyl (C=O) groups excluding carboxylic acids is 8. The number of rotatable bonds is 16. The molecule has 0 heterocycles. The van der Waals surface area contributed by atoms with Crippen molar-refractivity contribution in [3.63, 3.8) is 0 Å². The highest BCUT2D eigenvalue weighted by Gasteiger charge is 2.39. The second kappa shape index (κ2) is 19.8. The first kappa shape index (κ1) is 42.4. The van der Waals surface area contributed by atoms with E-state index in [1.807, 2.05) is 0 Å². The van der Waals surface area contributed by atoms with Gasteiger partial charge in [0.15, 0.2) is 0 Å². The molecule has 57 heavy (non-hydrogen) atoms. The van der Waals surface area contributed by atoms with E-state index in [0.29, 0.717) is 0 Å². The maximum absolute atomic E-state index is 13.5. The zero-order valence-electron chi connectivity index (χ0n) is 31.1. The number of carbonyl (C=O) groups is 8. The Kier molecular flexibility index (Phi) is 14.7. The Morgan fingerprint density at radius 1 is 0.351 bits per heavy atom. The minimum Gasteiger partial charge on any atom is -0.461 e. The van der Waals surface area contributed by atoms with Crippen LogP contribution in [0.5, 0.6) is 23.0 Å². The van der Waals surface area contributed by atoms with Gasteiger partial charge in [0, 0.05) is 27.7 Å². The predicted molar refractivity (Wildman–Crippen MR) is 195 cm³/mol. The Labute approximate surface area is 325 Å². The average molecular weight is 785 g/mol. The Hall–Kier alpha value is -7.36. The van der Waals surface area contributed by atoms with Crippen molar-refractivity contribution < 1.29 is 76.3 Å². The molecule has 296 valence electrons. The van der Waals surface area contributed by atoms with Gasteiger partial charge in [-0.25, -0.2) is 19.2 Å². The highest BCUT2D eigenvalue weighted by Crippen LogP contribution is 2.29. The zero-order chi connectivity index (χ0) is 41.5. The average Bonchev–Trinajstić information content (AvgIpc) is 3.16. The SMILES string of the molecule is CC(=O)Oc1ccccc1C(=O)OCC(COC(=O)c1ccccc1OC(C)=O)(COC(=O)c1ccccc1OC(C)=O)COC(=O)c1ccccc1OC(C)=O. The van der Waals surface area contributed by atoms with Gasteiger partial charge >= 0.3 is 47.8 Å². The minimum absolute atomic E-state index is 0.142. The molecule has 0 atom stereocenters. The van der Waals surface area contributed by atoms with Crippen LogP contribution in [-0.4, -0.2) is 74.2 Å². The summed E-state index contributed by atoms with van der Waals surface area (Å²) in [5.41, 5.74) is -2.67. The van der Waals surface area contributed by atoms with E-state index in [-0.39, 0.29) is 45.3 Å². The summed E-state index contributed by atoms with van der Waals surface area (Å²) in [5.74, 6) is -7.65. The topological polar surface area (TPSA) is 210 Å². The molecule has 0 saturated carbocycles. The standard InChI is InChI=1S/C41H36O16/c1-25(42)54-33-17-9-5-13-29(33)37(46)50-21-41(22-51-38(47)30-14-6-10-18-34(30)55-26(2)43,23-52-39(48)31-15-7-11-19-35(31)56-27(3)44)24-53-40(49)32-16-8-12-20-36(32)57-28(4)45/h5-20H,21-24H2,1-4H3. The molecule has 0 radical (unpaired) electrons. The van der Waals surface area contributed by atoms with Gasteiger partial charge in [-0.05, 0) is 48.5 Å². The van der Waals surface area contributed by atoms with Crippen LogP contribution in [0.2, 0.25) is 0 Å². The lowest BCUT2D eigenvalue weighted by Gasteiger charge is -2.32. The summed E-state index contributed by atoms with van der Waals surface area (Å²) in [6.45, 7) is 1.39. The molecule has 0 aliphatic rings. The Bertz CT molecular complexity index is 1860. The van der Waals surface area contributed by atoms with Crippen LogP contribution in [0.25, 0.3) is 0 Å². The van der Waals surface area contributed by atoms with E-state index in [0.717, 1.165) is 27.7 Å². The lowest BCUT2D eigenvalue weighted by Crippen LogP contribution is -2.44. The minimum atomic E-state index is -1.92. The molecule has 16 nitrogen and oxygen atoms in total. The lowest BCUT2D eigenvalue weighted by atomic mass is 9.92. The molecule has 4 aromatic carbocycles. The maximum atomic E-state index is 13.5. The van der Waals surface area contributed by atoms with Gasteiger partial charge in [0.05, 0.1) is 0 Å². The van der Waals surface area contributed by atoms with E-state index in [1.165, 1.54) is 97.1 Å². The van der Waals surface area contributed by atoms with Crippen LogP contribution in [0.3, 0.4) is 0 Å². The molecular weight excluding hydrogens is 748 g/mol. The van der Waals surface area contributed by atoms with Crippen LogP contribution in [0.4, 0.5) is 0 Å². The fourth-order valence-corrected chi connectivity index (χ4v) is 4.95. The number of esters is 8. The molecule has 4 aromatic rings. The summed E-state index contributed by atoms with van der Waals surface area (Å²) in [7, 11) is 0. The van der Waals surface area contributed by atoms with Crippen LogP contribution >= 0.6 is 0 Å². The lowest BCUT2D eigenvalue weighted by molar-refractivity contribution is -0.132. The van der Waals surface area contributed by atoms with Crippen LogP contribution in [-0.2, 0) is 38.1 Å². The highest BCUT2D eigenvalue weighted by molar-refractivity contribution is 5.95. The van der Waals surface area contributed by atoms with E-state index in [4.69, 9.17) is 37.9 Å². The van der Waals surface area contributed by atoms with E-state index in [1.54, 1.807) is 0 Å². The smallest absolute Gasteiger partial charge is 0.341 e. The van der Waals surface area contributed by atoms with Gasteiger partial charge in [-0.1, -0.05) is 48.5 Å². The number of para-hydroxylation sites is 4. The molecule has 0 N–H and O–H groups in total. The van der Waals surface area contributed by atoms with Crippen molar-refractivity contribution in [3.8, 4) is 23.0 Å². The normalized spacial score (nSPS) is 10.6. The molecule has 0 amide bonds. The highest BCUT2D eigenvalue weighted by atomic mass is 16.6. The number of benzene rings is 4. The third-order valence-corrected chi connectivity index (χ3v) is 7.48. The van der Waals surface area contributed by atoms with Gasteiger partial charge in [-0.15, -0.1) is 0 Å². The van der Waals surface area contributed by atoms with Crippen molar-refractivity contribution in [1.82, 2.24) is 0 Å². The summed E-state index contributed by atoms with van der Waals surface area (Å²) >= 11 is 0. The monoisotopic (exact) mass is 784 g/mol. The van der Waals surface area contributed by atoms with Crippen molar-refractivity contribution in [2.75, 3.05) is 26.4 Å². The molecule has 0 unspecified atom stereocenters. The first-order chi connectivity index (χ1) is 27.2. The molecule has 0 fully saturated rings. The molecule has 0 saturated heterocycles. The largest absolute Gasteiger partial charge is 0.461 e. The quantitative estimate of drug-likeness (QED) is 0.0822. The van der Waals surface area contributed by atoms with Crippen LogP contribution in [0.15, 0.2) is 97.1 Å². The van der Waals surface area contributed by atoms with Crippen molar-refractivity contribution in [2.45, 2.75) is 27.7 Å². The van der Waals surface area contributed by atoms with E-state index >= 15 is 0 Å². The zero-order valence-corrected chi connectivity index (χ0v) is 31.1. The van der Waals surface area contributed by atoms with Crippen molar-refractivity contribution in [3.05, 3.63) is 119 Å². The van der Waals surface area contributed by atoms with E-state index in [2.05, 4.69) is 0 Å². The van der Waals surface area contributed by atoms with Gasteiger partial charge in [0.2, 0.25) is 0 Å². The van der Waals surface area contributed by atoms with Gasteiger partial charge in [-0.3, -0.25) is 19.2 Å². The van der Waals surface area contributed by atoms with Crippen molar-refractivity contribution in [2.24, 2.45) is 5.41 Å². The molecule has 0 aromatic heterocycles. The maximum Gasteiger partial charge on any atom is 0.341 e. The Morgan fingerprint density at radius 2 is 0.544 bits per heavy atom. The predicted octanol–water partition coefficient (Wildman–Crippen LogP) is 5.10. The second-order valence-electron chi connectivity index (χ2n) is 12.2. The van der Waals surface area contributed by atoms with Crippen LogP contribution in [0.1, 0.15) is 69.1 Å². The third kappa shape index (κ3) is 12.3. The molecule has 0 aliphatic carbocycles. The molecule has 16 heteroatoms. The summed E-state index contributed by atoms with van der Waals surface area (Å²) < 4.78 is 43.2. The van der Waals surface area contributed by atoms with E-state index in [9.17, 15) is 38.4 Å². The molecule has 4 rings (SSSR count). The summed E-state index contributed by atoms with van der Waals surface area (Å²) in [6.07, 6.45) is 0. The first-order valence-corrected chi connectivity index (χ1v) is 17.0. The van der Waals surface area contributed by atoms with Gasteiger partial charge in [0.1, 0.15) is 77.1 Å². The first-order valence-electron chi connectivity index (χ1n) is 17.0. The number of hydrogen-bond donors (Lipinski definition) is 0. The molecular formula is C41H36O16. The van der Waals surface area contributed by atoms with Crippen LogP contribution < -0.4 is 18.9 Å². The number of ether oxygens (including phenoxy) is 8. The van der Waals surface area contributed by atoms with Crippen LogP contribution in [0, 0.1) is 5.41 Å². The molecule has 0 aliphatic heterocycles. The fourth-order valence-electron chi connectivity index (χ4n) is 4.95. The molecule has 0 spiro atoms. The third-order valence-electron chi connectivity index (χ3n) is 7.48. The summed E-state index contributed by atoms with van der Waals surface area (Å²) in [4.78, 5) is 101. The Balaban J connectivity index is 1.75. The molecule has 0 bridgehead atoms. The summed E-state index contributed by atoms with van der Waals surface area (Å²) in [6, 6.07) is 22.6. The van der Waals surface area contributed by atoms with Crippen molar-refractivity contribution in [1.29, 1.82) is 0 Å². The van der Waals surface area contributed by atoms with Gasteiger partial charge < -0.3 is 37.9 Å². The Morgan fingerprint density at radius 3 is 0.737 bits per heavy atom. The van der Waals surface area contributed by atoms with Gasteiger partial charge in [-0.2, -0.15) is 0 Å². The van der Waals surface area contributed by atoms with E-state index < -0.39 is 79.6 Å².